The fraction of sp³-hybridized carbons (Fsp3) is 0.167. The highest BCUT2D eigenvalue weighted by Crippen LogP contribution is 2.25. The number of aryl methyl sites for hydroxylation is 1. The highest BCUT2D eigenvalue weighted by molar-refractivity contribution is 6.04. The second-order valence-electron chi connectivity index (χ2n) is 5.65. The molecule has 24 heavy (non-hydrogen) atoms. The molecule has 1 aliphatic heterocycles. The molecule has 1 heterocycles. The Labute approximate surface area is 138 Å². The topological polar surface area (TPSA) is 102 Å². The van der Waals surface area contributed by atoms with Crippen molar-refractivity contribution in [3.05, 3.63) is 59.2 Å². The lowest BCUT2D eigenvalue weighted by Crippen LogP contribution is -2.35. The number of benzene rings is 2. The van der Waals surface area contributed by atoms with Crippen molar-refractivity contribution in [2.45, 2.75) is 19.1 Å². The van der Waals surface area contributed by atoms with Gasteiger partial charge in [0.2, 0.25) is 0 Å². The smallest absolute Gasteiger partial charge is 0.322 e. The summed E-state index contributed by atoms with van der Waals surface area (Å²) in [7, 11) is 0. The van der Waals surface area contributed by atoms with Gasteiger partial charge in [-0.25, -0.2) is 4.79 Å². The van der Waals surface area contributed by atoms with Crippen molar-refractivity contribution in [2.75, 3.05) is 0 Å². The van der Waals surface area contributed by atoms with Crippen molar-refractivity contribution in [1.29, 1.82) is 5.26 Å². The molecule has 120 valence electrons. The van der Waals surface area contributed by atoms with Gasteiger partial charge in [0.15, 0.2) is 0 Å². The van der Waals surface area contributed by atoms with Gasteiger partial charge in [0.1, 0.15) is 12.1 Å². The molecule has 0 aliphatic carbocycles. The molecule has 0 bridgehead atoms. The molecule has 0 saturated carbocycles. The molecular weight excluding hydrogens is 306 g/mol. The molecule has 0 aromatic heterocycles. The SMILES string of the molecule is Cc1cc(-c2ccc([C@@H](O)C3NC(=O)NC3=O)cc2)ccc1C#N. The number of nitriles is 1. The van der Waals surface area contributed by atoms with Crippen LogP contribution in [-0.4, -0.2) is 23.1 Å². The van der Waals surface area contributed by atoms with Gasteiger partial charge in [-0.1, -0.05) is 36.4 Å². The first kappa shape index (κ1) is 15.7. The number of hydrogen-bond donors (Lipinski definition) is 3. The Kier molecular flexibility index (Phi) is 4.02. The quantitative estimate of drug-likeness (QED) is 0.750. The normalized spacial score (nSPS) is 17.8. The van der Waals surface area contributed by atoms with Crippen molar-refractivity contribution >= 4 is 11.9 Å². The summed E-state index contributed by atoms with van der Waals surface area (Å²) in [5.74, 6) is -0.542. The highest BCUT2D eigenvalue weighted by atomic mass is 16.3. The Morgan fingerprint density at radius 1 is 1.12 bits per heavy atom. The van der Waals surface area contributed by atoms with Crippen LogP contribution in [0.5, 0.6) is 0 Å². The van der Waals surface area contributed by atoms with Gasteiger partial charge in [0.05, 0.1) is 11.6 Å². The first-order chi connectivity index (χ1) is 11.5. The van der Waals surface area contributed by atoms with Gasteiger partial charge in [-0.3, -0.25) is 10.1 Å². The van der Waals surface area contributed by atoms with E-state index in [1.165, 1.54) is 0 Å². The summed E-state index contributed by atoms with van der Waals surface area (Å²) in [5.41, 5.74) is 3.95. The van der Waals surface area contributed by atoms with Crippen LogP contribution in [0.4, 0.5) is 4.79 Å². The van der Waals surface area contributed by atoms with Crippen molar-refractivity contribution in [3.8, 4) is 17.2 Å². The predicted molar refractivity (Wildman–Crippen MR) is 86.8 cm³/mol. The molecule has 2 aromatic rings. The van der Waals surface area contributed by atoms with Gasteiger partial charge < -0.3 is 10.4 Å². The van der Waals surface area contributed by atoms with E-state index in [4.69, 9.17) is 5.26 Å². The summed E-state index contributed by atoms with van der Waals surface area (Å²) in [5, 5.41) is 23.7. The number of amides is 3. The molecule has 3 amide bonds. The molecule has 0 radical (unpaired) electrons. The van der Waals surface area contributed by atoms with Gasteiger partial charge in [-0.2, -0.15) is 5.26 Å². The van der Waals surface area contributed by atoms with E-state index in [1.54, 1.807) is 18.2 Å². The molecule has 2 atom stereocenters. The maximum absolute atomic E-state index is 11.6. The van der Waals surface area contributed by atoms with E-state index in [0.29, 0.717) is 11.1 Å². The van der Waals surface area contributed by atoms with E-state index in [2.05, 4.69) is 16.7 Å². The number of hydrogen-bond acceptors (Lipinski definition) is 4. The van der Waals surface area contributed by atoms with E-state index in [1.807, 2.05) is 31.2 Å². The number of nitrogens with one attached hydrogen (secondary N) is 2. The lowest BCUT2D eigenvalue weighted by atomic mass is 9.97. The van der Waals surface area contributed by atoms with Crippen LogP contribution < -0.4 is 10.6 Å². The first-order valence-corrected chi connectivity index (χ1v) is 7.40. The van der Waals surface area contributed by atoms with E-state index in [0.717, 1.165) is 16.7 Å². The molecule has 1 saturated heterocycles. The number of nitrogens with zero attached hydrogens (tertiary/aromatic N) is 1. The molecule has 2 aromatic carbocycles. The third-order valence-corrected chi connectivity index (χ3v) is 4.05. The number of rotatable bonds is 3. The van der Waals surface area contributed by atoms with Crippen molar-refractivity contribution in [1.82, 2.24) is 10.6 Å². The van der Waals surface area contributed by atoms with Crippen LogP contribution in [0.2, 0.25) is 0 Å². The lowest BCUT2D eigenvalue weighted by Gasteiger charge is -2.16. The van der Waals surface area contributed by atoms with Crippen LogP contribution in [0.1, 0.15) is 22.8 Å². The summed E-state index contributed by atoms with van der Waals surface area (Å²) in [6.45, 7) is 1.88. The number of aliphatic hydroxyl groups is 1. The zero-order chi connectivity index (χ0) is 17.3. The number of aliphatic hydroxyl groups excluding tert-OH is 1. The van der Waals surface area contributed by atoms with Gasteiger partial charge in [0, 0.05) is 0 Å². The van der Waals surface area contributed by atoms with Crippen LogP contribution in [-0.2, 0) is 4.79 Å². The van der Waals surface area contributed by atoms with Gasteiger partial charge in [-0.05, 0) is 35.2 Å². The average Bonchev–Trinajstić information content (AvgIpc) is 2.92. The molecule has 1 fully saturated rings. The Morgan fingerprint density at radius 3 is 2.33 bits per heavy atom. The minimum Gasteiger partial charge on any atom is -0.386 e. The predicted octanol–water partition coefficient (Wildman–Crippen LogP) is 1.78. The van der Waals surface area contributed by atoms with E-state index < -0.39 is 24.1 Å². The molecule has 6 heteroatoms. The molecule has 1 aliphatic rings. The fourth-order valence-electron chi connectivity index (χ4n) is 2.69. The van der Waals surface area contributed by atoms with E-state index in [9.17, 15) is 14.7 Å². The largest absolute Gasteiger partial charge is 0.386 e. The maximum Gasteiger partial charge on any atom is 0.322 e. The molecular formula is C18H15N3O3. The van der Waals surface area contributed by atoms with Crippen LogP contribution in [0.15, 0.2) is 42.5 Å². The minimum absolute atomic E-state index is 0.534. The van der Waals surface area contributed by atoms with Gasteiger partial charge >= 0.3 is 6.03 Å². The standard InChI is InChI=1S/C18H15N3O3/c1-10-8-13(6-7-14(10)9-19)11-2-4-12(5-3-11)16(22)15-17(23)21-18(24)20-15/h2-8,15-16,22H,1H3,(H2,20,21,23,24)/t15?,16-/m1/s1. The average molecular weight is 321 g/mol. The molecule has 6 nitrogen and oxygen atoms in total. The minimum atomic E-state index is -1.12. The Morgan fingerprint density at radius 2 is 1.79 bits per heavy atom. The molecule has 3 rings (SSSR count). The second kappa shape index (κ2) is 6.14. The number of carbonyl (C=O) groups excluding carboxylic acids is 2. The second-order valence-corrected chi connectivity index (χ2v) is 5.65. The summed E-state index contributed by atoms with van der Waals surface area (Å²) < 4.78 is 0. The van der Waals surface area contributed by atoms with Crippen molar-refractivity contribution in [2.24, 2.45) is 0 Å². The third-order valence-electron chi connectivity index (χ3n) is 4.05. The van der Waals surface area contributed by atoms with Crippen molar-refractivity contribution < 1.29 is 14.7 Å². The number of urea groups is 1. The summed E-state index contributed by atoms with van der Waals surface area (Å²) in [6.07, 6.45) is -1.12. The van der Waals surface area contributed by atoms with Crippen LogP contribution >= 0.6 is 0 Å². The molecule has 0 spiro atoms. The Hall–Kier alpha value is -3.17. The van der Waals surface area contributed by atoms with Gasteiger partial charge in [0.25, 0.3) is 5.91 Å². The molecule has 1 unspecified atom stereocenters. The van der Waals surface area contributed by atoms with E-state index in [-0.39, 0.29) is 0 Å². The fourth-order valence-corrected chi connectivity index (χ4v) is 2.69. The van der Waals surface area contributed by atoms with E-state index >= 15 is 0 Å². The Balaban J connectivity index is 1.83. The van der Waals surface area contributed by atoms with Crippen molar-refractivity contribution in [3.63, 3.8) is 0 Å². The van der Waals surface area contributed by atoms with Crippen LogP contribution in [0.25, 0.3) is 11.1 Å². The summed E-state index contributed by atoms with van der Waals surface area (Å²) >= 11 is 0. The van der Waals surface area contributed by atoms with Crippen LogP contribution in [0.3, 0.4) is 0 Å². The number of carbonyl (C=O) groups is 2. The lowest BCUT2D eigenvalue weighted by molar-refractivity contribution is -0.122. The first-order valence-electron chi connectivity index (χ1n) is 7.40. The Bertz CT molecular complexity index is 853. The summed E-state index contributed by atoms with van der Waals surface area (Å²) in [4.78, 5) is 22.8. The summed E-state index contributed by atoms with van der Waals surface area (Å²) in [6, 6.07) is 13.2. The van der Waals surface area contributed by atoms with Crippen LogP contribution in [0, 0.1) is 18.3 Å². The van der Waals surface area contributed by atoms with Gasteiger partial charge in [-0.15, -0.1) is 0 Å². The highest BCUT2D eigenvalue weighted by Gasteiger charge is 2.35. The molecule has 3 N–H and O–H groups in total. The number of imide groups is 1. The zero-order valence-corrected chi connectivity index (χ0v) is 12.9. The third kappa shape index (κ3) is 2.85. The zero-order valence-electron chi connectivity index (χ0n) is 12.9. The maximum atomic E-state index is 11.6. The monoisotopic (exact) mass is 321 g/mol.